The number of hydrogen-bond donors (Lipinski definition) is 1. The monoisotopic (exact) mass is 230 g/mol. The van der Waals surface area contributed by atoms with Gasteiger partial charge >= 0.3 is 0 Å². The third-order valence-corrected chi connectivity index (χ3v) is 4.38. The van der Waals surface area contributed by atoms with E-state index in [1.54, 1.807) is 0 Å². The number of rotatable bonds is 4. The molecule has 2 nitrogen and oxygen atoms in total. The number of fused-ring (bicyclic) bond motifs is 1. The number of aromatic nitrogens is 1. The molecule has 1 saturated carbocycles. The summed E-state index contributed by atoms with van der Waals surface area (Å²) in [6.45, 7) is 0. The van der Waals surface area contributed by atoms with Crippen LogP contribution in [-0.4, -0.2) is 18.1 Å². The first kappa shape index (κ1) is 11.2. The molecule has 1 aromatic heterocycles. The minimum atomic E-state index is 0.636. The Hall–Kier alpha value is -0.890. The van der Waals surface area contributed by atoms with Crippen molar-refractivity contribution in [2.24, 2.45) is 5.92 Å². The minimum absolute atomic E-state index is 0.636. The van der Waals surface area contributed by atoms with Crippen molar-refractivity contribution in [1.29, 1.82) is 0 Å². The maximum atomic E-state index is 4.66. The summed E-state index contributed by atoms with van der Waals surface area (Å²) in [6.07, 6.45) is 10.0. The molecule has 0 bridgehead atoms. The molecule has 0 aromatic carbocycles. The van der Waals surface area contributed by atoms with E-state index in [2.05, 4.69) is 29.5 Å². The number of likely N-dealkylation sites (N-methyl/N-ethyl adjacent to an activating group) is 1. The van der Waals surface area contributed by atoms with Crippen molar-refractivity contribution in [2.45, 2.75) is 50.5 Å². The first-order valence-corrected chi connectivity index (χ1v) is 6.99. The van der Waals surface area contributed by atoms with Gasteiger partial charge in [-0.2, -0.15) is 0 Å². The molecule has 2 unspecified atom stereocenters. The van der Waals surface area contributed by atoms with Gasteiger partial charge in [-0.3, -0.25) is 4.98 Å². The molecular formula is C15H22N2. The van der Waals surface area contributed by atoms with Crippen LogP contribution in [-0.2, 0) is 6.42 Å². The molecule has 2 atom stereocenters. The van der Waals surface area contributed by atoms with E-state index in [9.17, 15) is 0 Å². The van der Waals surface area contributed by atoms with Crippen molar-refractivity contribution >= 4 is 0 Å². The van der Waals surface area contributed by atoms with E-state index in [-0.39, 0.29) is 0 Å². The predicted octanol–water partition coefficient (Wildman–Crippen LogP) is 2.89. The predicted molar refractivity (Wildman–Crippen MR) is 70.1 cm³/mol. The lowest BCUT2D eigenvalue weighted by Crippen LogP contribution is -2.35. The van der Waals surface area contributed by atoms with Crippen molar-refractivity contribution in [1.82, 2.24) is 10.3 Å². The zero-order chi connectivity index (χ0) is 11.7. The average Bonchev–Trinajstić information content (AvgIpc) is 3.19. The van der Waals surface area contributed by atoms with Gasteiger partial charge in [0.2, 0.25) is 0 Å². The standard InChI is InChI=1S/C15H22N2/c1-16-14(10-11-7-8-11)13-6-2-4-12-5-3-9-17-15(12)13/h3,5,9,11,13-14,16H,2,4,6-8,10H2,1H3. The SMILES string of the molecule is CNC(CC1CC1)C1CCCc2cccnc21. The van der Waals surface area contributed by atoms with Gasteiger partial charge in [0.05, 0.1) is 0 Å². The summed E-state index contributed by atoms with van der Waals surface area (Å²) in [5.74, 6) is 1.63. The van der Waals surface area contributed by atoms with Crippen LogP contribution in [0.1, 0.15) is 49.3 Å². The Bertz CT molecular complexity index is 384. The van der Waals surface area contributed by atoms with Gasteiger partial charge in [-0.05, 0) is 50.3 Å². The molecule has 0 saturated heterocycles. The van der Waals surface area contributed by atoms with Gasteiger partial charge in [0.1, 0.15) is 0 Å². The summed E-state index contributed by atoms with van der Waals surface area (Å²) in [6, 6.07) is 4.98. The van der Waals surface area contributed by atoms with Crippen molar-refractivity contribution in [3.05, 3.63) is 29.6 Å². The van der Waals surface area contributed by atoms with E-state index in [1.165, 1.54) is 49.8 Å². The van der Waals surface area contributed by atoms with Gasteiger partial charge < -0.3 is 5.32 Å². The molecule has 3 rings (SSSR count). The number of nitrogens with zero attached hydrogens (tertiary/aromatic N) is 1. The summed E-state index contributed by atoms with van der Waals surface area (Å²) >= 11 is 0. The van der Waals surface area contributed by atoms with E-state index in [0.717, 1.165) is 5.92 Å². The zero-order valence-corrected chi connectivity index (χ0v) is 10.7. The van der Waals surface area contributed by atoms with E-state index < -0.39 is 0 Å². The van der Waals surface area contributed by atoms with Crippen LogP contribution < -0.4 is 5.32 Å². The van der Waals surface area contributed by atoms with Crippen LogP contribution in [0, 0.1) is 5.92 Å². The summed E-state index contributed by atoms with van der Waals surface area (Å²) < 4.78 is 0. The highest BCUT2D eigenvalue weighted by Gasteiger charge is 2.32. The van der Waals surface area contributed by atoms with Gasteiger partial charge in [0, 0.05) is 23.9 Å². The fourth-order valence-electron chi connectivity index (χ4n) is 3.23. The third-order valence-electron chi connectivity index (χ3n) is 4.38. The van der Waals surface area contributed by atoms with Crippen LogP contribution in [0.25, 0.3) is 0 Å². The maximum Gasteiger partial charge on any atom is 0.0481 e. The highest BCUT2D eigenvalue weighted by atomic mass is 14.9. The number of pyridine rings is 1. The van der Waals surface area contributed by atoms with Crippen LogP contribution in [0.3, 0.4) is 0 Å². The molecule has 17 heavy (non-hydrogen) atoms. The summed E-state index contributed by atoms with van der Waals surface area (Å²) in [5.41, 5.74) is 2.86. The highest BCUT2D eigenvalue weighted by Crippen LogP contribution is 2.39. The molecule has 1 heterocycles. The largest absolute Gasteiger partial charge is 0.316 e. The first-order chi connectivity index (χ1) is 8.38. The molecule has 0 spiro atoms. The second kappa shape index (κ2) is 4.77. The van der Waals surface area contributed by atoms with Crippen LogP contribution in [0.5, 0.6) is 0 Å². The lowest BCUT2D eigenvalue weighted by atomic mass is 9.80. The number of aryl methyl sites for hydroxylation is 1. The molecule has 1 aromatic rings. The van der Waals surface area contributed by atoms with Gasteiger partial charge in [-0.1, -0.05) is 18.9 Å². The lowest BCUT2D eigenvalue weighted by Gasteiger charge is -2.31. The van der Waals surface area contributed by atoms with Gasteiger partial charge in [0.25, 0.3) is 0 Å². The molecule has 1 fully saturated rings. The van der Waals surface area contributed by atoms with Crippen molar-refractivity contribution in [3.63, 3.8) is 0 Å². The van der Waals surface area contributed by atoms with Gasteiger partial charge in [0.15, 0.2) is 0 Å². The molecule has 0 aliphatic heterocycles. The maximum absolute atomic E-state index is 4.66. The summed E-state index contributed by atoms with van der Waals surface area (Å²) in [7, 11) is 2.12. The Morgan fingerprint density at radius 1 is 1.41 bits per heavy atom. The quantitative estimate of drug-likeness (QED) is 0.860. The van der Waals surface area contributed by atoms with E-state index in [1.807, 2.05) is 6.20 Å². The topological polar surface area (TPSA) is 24.9 Å². The van der Waals surface area contributed by atoms with Crippen LogP contribution in [0.15, 0.2) is 18.3 Å². The Kier molecular flexibility index (Phi) is 3.15. The fourth-order valence-corrected chi connectivity index (χ4v) is 3.23. The zero-order valence-electron chi connectivity index (χ0n) is 10.7. The van der Waals surface area contributed by atoms with E-state index in [4.69, 9.17) is 0 Å². The molecule has 92 valence electrons. The Balaban J connectivity index is 1.82. The molecule has 2 aliphatic rings. The smallest absolute Gasteiger partial charge is 0.0481 e. The molecule has 0 amide bonds. The molecule has 2 aliphatic carbocycles. The van der Waals surface area contributed by atoms with E-state index in [0.29, 0.717) is 12.0 Å². The average molecular weight is 230 g/mol. The fraction of sp³-hybridized carbons (Fsp3) is 0.667. The molecule has 0 radical (unpaired) electrons. The second-order valence-electron chi connectivity index (χ2n) is 5.62. The normalized spacial score (nSPS) is 25.4. The second-order valence-corrected chi connectivity index (χ2v) is 5.62. The number of nitrogens with one attached hydrogen (secondary N) is 1. The van der Waals surface area contributed by atoms with Gasteiger partial charge in [-0.25, -0.2) is 0 Å². The minimum Gasteiger partial charge on any atom is -0.316 e. The van der Waals surface area contributed by atoms with E-state index >= 15 is 0 Å². The molecule has 2 heteroatoms. The van der Waals surface area contributed by atoms with Gasteiger partial charge in [-0.15, -0.1) is 0 Å². The van der Waals surface area contributed by atoms with Crippen LogP contribution in [0.2, 0.25) is 0 Å². The lowest BCUT2D eigenvalue weighted by molar-refractivity contribution is 0.372. The van der Waals surface area contributed by atoms with Crippen molar-refractivity contribution in [3.8, 4) is 0 Å². The summed E-state index contributed by atoms with van der Waals surface area (Å²) in [4.78, 5) is 4.66. The van der Waals surface area contributed by atoms with Crippen LogP contribution >= 0.6 is 0 Å². The third kappa shape index (κ3) is 2.37. The summed E-state index contributed by atoms with van der Waals surface area (Å²) in [5, 5.41) is 3.54. The Morgan fingerprint density at radius 3 is 3.06 bits per heavy atom. The highest BCUT2D eigenvalue weighted by molar-refractivity contribution is 5.27. The Morgan fingerprint density at radius 2 is 2.29 bits per heavy atom. The van der Waals surface area contributed by atoms with Crippen LogP contribution in [0.4, 0.5) is 0 Å². The Labute approximate surface area is 104 Å². The first-order valence-electron chi connectivity index (χ1n) is 6.99. The number of hydrogen-bond acceptors (Lipinski definition) is 2. The molecule has 1 N–H and O–H groups in total. The van der Waals surface area contributed by atoms with Crippen molar-refractivity contribution < 1.29 is 0 Å². The van der Waals surface area contributed by atoms with Crippen molar-refractivity contribution in [2.75, 3.05) is 7.05 Å². The molecular weight excluding hydrogens is 208 g/mol.